The van der Waals surface area contributed by atoms with E-state index in [2.05, 4.69) is 217 Å². The summed E-state index contributed by atoms with van der Waals surface area (Å²) in [7, 11) is 0. The van der Waals surface area contributed by atoms with Gasteiger partial charge >= 0.3 is 0 Å². The molecule has 0 radical (unpaired) electrons. The molecular formula is C56H35NOS. The van der Waals surface area contributed by atoms with Gasteiger partial charge in [0.2, 0.25) is 0 Å². The summed E-state index contributed by atoms with van der Waals surface area (Å²) in [4.78, 5) is 2.41. The molecule has 0 saturated carbocycles. The fourth-order valence-electron chi connectivity index (χ4n) is 9.07. The molecule has 0 aliphatic carbocycles. The summed E-state index contributed by atoms with van der Waals surface area (Å²) in [5, 5.41) is 9.74. The molecule has 0 aliphatic heterocycles. The van der Waals surface area contributed by atoms with Crippen LogP contribution in [0.4, 0.5) is 17.1 Å². The van der Waals surface area contributed by atoms with E-state index in [0.29, 0.717) is 0 Å². The van der Waals surface area contributed by atoms with Crippen LogP contribution >= 0.6 is 11.3 Å². The van der Waals surface area contributed by atoms with Crippen LogP contribution in [0.1, 0.15) is 0 Å². The molecule has 0 unspecified atom stereocenters. The lowest BCUT2D eigenvalue weighted by Gasteiger charge is -2.27. The standard InChI is InChI=1S/C56H35NOS/c1-2-11-36(12-3-1)37-21-23-40(24-22-37)47-33-34-50(55-48-15-6-8-18-51(48)58-56(47)55)57(43-31-32-45-41(35-43)26-25-38-13-4-5-14-44(38)45)42-29-27-39(28-30-42)46-17-10-20-53-54(46)49-16-7-9-19-52(49)59-53/h1-35H. The quantitative estimate of drug-likeness (QED) is 0.157. The number of thiophene rings is 1. The van der Waals surface area contributed by atoms with E-state index in [1.807, 2.05) is 11.3 Å². The van der Waals surface area contributed by atoms with E-state index < -0.39 is 0 Å². The Hall–Kier alpha value is -7.46. The van der Waals surface area contributed by atoms with Crippen molar-refractivity contribution in [3.63, 3.8) is 0 Å². The van der Waals surface area contributed by atoms with Crippen molar-refractivity contribution in [2.24, 2.45) is 0 Å². The highest BCUT2D eigenvalue weighted by molar-refractivity contribution is 7.25. The summed E-state index contributed by atoms with van der Waals surface area (Å²) in [6.45, 7) is 0. The first-order valence-electron chi connectivity index (χ1n) is 20.1. The molecule has 0 aliphatic rings. The van der Waals surface area contributed by atoms with Crippen molar-refractivity contribution in [3.8, 4) is 33.4 Å². The van der Waals surface area contributed by atoms with Crippen LogP contribution in [0.3, 0.4) is 0 Å². The predicted octanol–water partition coefficient (Wildman–Crippen LogP) is 16.7. The maximum Gasteiger partial charge on any atom is 0.145 e. The van der Waals surface area contributed by atoms with Crippen LogP contribution in [0.25, 0.3) is 97.0 Å². The fraction of sp³-hybridized carbons (Fsp3) is 0. The SMILES string of the molecule is c1ccc(-c2ccc(-c3ccc(N(c4ccc(-c5cccc6sc7ccccc7c56)cc4)c4ccc5c(ccc6ccccc65)c4)c4c3oc3ccccc34)cc2)cc1. The van der Waals surface area contributed by atoms with E-state index in [1.54, 1.807) is 0 Å². The minimum Gasteiger partial charge on any atom is -0.455 e. The first-order valence-corrected chi connectivity index (χ1v) is 20.9. The second-order valence-electron chi connectivity index (χ2n) is 15.2. The molecule has 0 amide bonds. The lowest BCUT2D eigenvalue weighted by Crippen LogP contribution is -2.10. The Morgan fingerprint density at radius 2 is 0.983 bits per heavy atom. The summed E-state index contributed by atoms with van der Waals surface area (Å²) in [6.07, 6.45) is 0. The minimum atomic E-state index is 0.869. The third-order valence-electron chi connectivity index (χ3n) is 11.9. The summed E-state index contributed by atoms with van der Waals surface area (Å²) in [5.41, 5.74) is 12.0. The zero-order chi connectivity index (χ0) is 38.9. The molecule has 2 aromatic heterocycles. The van der Waals surface area contributed by atoms with Gasteiger partial charge in [0, 0.05) is 42.5 Å². The molecule has 3 heteroatoms. The number of hydrogen-bond donors (Lipinski definition) is 0. The highest BCUT2D eigenvalue weighted by atomic mass is 32.1. The van der Waals surface area contributed by atoms with E-state index in [9.17, 15) is 0 Å². The van der Waals surface area contributed by atoms with Gasteiger partial charge in [0.25, 0.3) is 0 Å². The average molecular weight is 770 g/mol. The molecule has 0 atom stereocenters. The molecule has 12 rings (SSSR count). The zero-order valence-corrected chi connectivity index (χ0v) is 32.8. The molecule has 0 N–H and O–H groups in total. The second-order valence-corrected chi connectivity index (χ2v) is 16.3. The van der Waals surface area contributed by atoms with Crippen molar-refractivity contribution in [2.45, 2.75) is 0 Å². The van der Waals surface area contributed by atoms with E-state index in [1.165, 1.54) is 64.0 Å². The van der Waals surface area contributed by atoms with Crippen LogP contribution in [0.15, 0.2) is 217 Å². The first-order chi connectivity index (χ1) is 29.2. The third-order valence-corrected chi connectivity index (χ3v) is 13.0. The summed E-state index contributed by atoms with van der Waals surface area (Å²) in [5.74, 6) is 0. The maximum absolute atomic E-state index is 6.85. The van der Waals surface area contributed by atoms with Gasteiger partial charge < -0.3 is 9.32 Å². The number of hydrogen-bond acceptors (Lipinski definition) is 3. The number of anilines is 3. The lowest BCUT2D eigenvalue weighted by atomic mass is 9.96. The first kappa shape index (κ1) is 33.7. The molecule has 0 saturated heterocycles. The van der Waals surface area contributed by atoms with Crippen LogP contribution < -0.4 is 4.90 Å². The van der Waals surface area contributed by atoms with Crippen LogP contribution in [-0.4, -0.2) is 0 Å². The van der Waals surface area contributed by atoms with Gasteiger partial charge in [-0.15, -0.1) is 11.3 Å². The third kappa shape index (κ3) is 5.55. The molecule has 59 heavy (non-hydrogen) atoms. The Labute approximate surface area is 345 Å². The van der Waals surface area contributed by atoms with Crippen LogP contribution in [0, 0.1) is 0 Å². The molecule has 0 spiro atoms. The second kappa shape index (κ2) is 13.6. The molecule has 10 aromatic carbocycles. The topological polar surface area (TPSA) is 16.4 Å². The summed E-state index contributed by atoms with van der Waals surface area (Å²) in [6, 6.07) is 76.9. The molecule has 2 nitrogen and oxygen atoms in total. The van der Waals surface area contributed by atoms with Crippen molar-refractivity contribution < 1.29 is 4.42 Å². The fourth-order valence-corrected chi connectivity index (χ4v) is 10.2. The van der Waals surface area contributed by atoms with Gasteiger partial charge in [-0.05, 0) is 104 Å². The highest BCUT2D eigenvalue weighted by Gasteiger charge is 2.23. The van der Waals surface area contributed by atoms with Crippen molar-refractivity contribution in [3.05, 3.63) is 212 Å². The number of nitrogens with zero attached hydrogens (tertiary/aromatic N) is 1. The van der Waals surface area contributed by atoms with Gasteiger partial charge in [0.15, 0.2) is 0 Å². The van der Waals surface area contributed by atoms with E-state index >= 15 is 0 Å². The van der Waals surface area contributed by atoms with Gasteiger partial charge in [-0.1, -0.05) is 158 Å². The van der Waals surface area contributed by atoms with E-state index in [0.717, 1.165) is 50.1 Å². The normalized spacial score (nSPS) is 11.7. The van der Waals surface area contributed by atoms with Crippen LogP contribution in [0.2, 0.25) is 0 Å². The Morgan fingerprint density at radius 3 is 1.85 bits per heavy atom. The minimum absolute atomic E-state index is 0.869. The maximum atomic E-state index is 6.85. The number of rotatable bonds is 6. The Morgan fingerprint density at radius 1 is 0.356 bits per heavy atom. The van der Waals surface area contributed by atoms with E-state index in [-0.39, 0.29) is 0 Å². The number of benzene rings is 10. The van der Waals surface area contributed by atoms with Gasteiger partial charge in [0.1, 0.15) is 11.2 Å². The van der Waals surface area contributed by atoms with Crippen molar-refractivity contribution in [1.82, 2.24) is 0 Å². The predicted molar refractivity (Wildman–Crippen MR) is 253 cm³/mol. The largest absolute Gasteiger partial charge is 0.455 e. The molecule has 2 heterocycles. The summed E-state index contributed by atoms with van der Waals surface area (Å²) >= 11 is 1.86. The van der Waals surface area contributed by atoms with Crippen molar-refractivity contribution in [1.29, 1.82) is 0 Å². The Balaban J connectivity index is 1.06. The van der Waals surface area contributed by atoms with Crippen molar-refractivity contribution >= 4 is 92.1 Å². The van der Waals surface area contributed by atoms with Gasteiger partial charge in [-0.2, -0.15) is 0 Å². The van der Waals surface area contributed by atoms with E-state index in [4.69, 9.17) is 4.42 Å². The zero-order valence-electron chi connectivity index (χ0n) is 32.0. The Bertz CT molecular complexity index is 3540. The lowest BCUT2D eigenvalue weighted by molar-refractivity contribution is 0.670. The number of para-hydroxylation sites is 1. The van der Waals surface area contributed by atoms with Crippen LogP contribution in [0.5, 0.6) is 0 Å². The molecule has 0 fully saturated rings. The molecular weight excluding hydrogens is 735 g/mol. The molecule has 12 aromatic rings. The average Bonchev–Trinajstić information content (AvgIpc) is 3.89. The van der Waals surface area contributed by atoms with Gasteiger partial charge in [-0.3, -0.25) is 0 Å². The van der Waals surface area contributed by atoms with Crippen LogP contribution in [-0.2, 0) is 0 Å². The summed E-state index contributed by atoms with van der Waals surface area (Å²) < 4.78 is 9.47. The molecule has 0 bridgehead atoms. The van der Waals surface area contributed by atoms with Crippen molar-refractivity contribution in [2.75, 3.05) is 4.90 Å². The van der Waals surface area contributed by atoms with Gasteiger partial charge in [0.05, 0.1) is 11.1 Å². The smallest absolute Gasteiger partial charge is 0.145 e. The number of fused-ring (bicyclic) bond motifs is 9. The Kier molecular flexibility index (Phi) is 7.75. The molecule has 276 valence electrons. The monoisotopic (exact) mass is 769 g/mol. The highest BCUT2D eigenvalue weighted by Crippen LogP contribution is 2.48. The number of furan rings is 1. The van der Waals surface area contributed by atoms with Gasteiger partial charge in [-0.25, -0.2) is 0 Å².